The van der Waals surface area contributed by atoms with Gasteiger partial charge < -0.3 is 9.47 Å². The quantitative estimate of drug-likeness (QED) is 0.335. The Bertz CT molecular complexity index is 1090. The summed E-state index contributed by atoms with van der Waals surface area (Å²) in [6.07, 6.45) is 4.13. The highest BCUT2D eigenvalue weighted by Gasteiger charge is 2.33. The molecule has 0 N–H and O–H groups in total. The van der Waals surface area contributed by atoms with Gasteiger partial charge in [0.2, 0.25) is 0 Å². The van der Waals surface area contributed by atoms with Gasteiger partial charge in [-0.3, -0.25) is 4.90 Å². The van der Waals surface area contributed by atoms with E-state index in [1.165, 1.54) is 6.07 Å². The molecule has 0 bridgehead atoms. The Morgan fingerprint density at radius 3 is 2.36 bits per heavy atom. The van der Waals surface area contributed by atoms with E-state index < -0.39 is 17.4 Å². The van der Waals surface area contributed by atoms with Crippen LogP contribution in [0.25, 0.3) is 0 Å². The van der Waals surface area contributed by atoms with E-state index >= 15 is 0 Å². The predicted octanol–water partition coefficient (Wildman–Crippen LogP) is 8.21. The number of ether oxygens (including phenoxy) is 2. The van der Waals surface area contributed by atoms with Crippen molar-refractivity contribution in [3.8, 4) is 5.75 Å². The Kier molecular flexibility index (Phi) is 8.23. The summed E-state index contributed by atoms with van der Waals surface area (Å²) in [5.74, 6) is -0.0900. The number of esters is 1. The van der Waals surface area contributed by atoms with Gasteiger partial charge in [-0.2, -0.15) is 0 Å². The number of benzene rings is 2. The lowest BCUT2D eigenvalue weighted by atomic mass is 9.91. The molecule has 2 aromatic rings. The fourth-order valence-corrected chi connectivity index (χ4v) is 5.55. The van der Waals surface area contributed by atoms with E-state index in [2.05, 4.69) is 18.7 Å². The predicted molar refractivity (Wildman–Crippen MR) is 143 cm³/mol. The minimum Gasteiger partial charge on any atom is -0.493 e. The number of likely N-dealkylation sites (tertiary alicyclic amines) is 1. The minimum atomic E-state index is -0.685. The zero-order chi connectivity index (χ0) is 26.2. The van der Waals surface area contributed by atoms with E-state index in [1.54, 1.807) is 32.9 Å². The van der Waals surface area contributed by atoms with Crippen molar-refractivity contribution in [1.82, 2.24) is 4.90 Å². The average Bonchev–Trinajstić information content (AvgIpc) is 3.61. The fraction of sp³-hybridized carbons (Fsp3) is 0.552. The minimum absolute atomic E-state index is 0.0224. The second-order valence-corrected chi connectivity index (χ2v) is 12.2. The lowest BCUT2D eigenvalue weighted by Crippen LogP contribution is -2.44. The normalized spacial score (nSPS) is 21.8. The number of halogens is 3. The van der Waals surface area contributed by atoms with Gasteiger partial charge in [0, 0.05) is 40.7 Å². The zero-order valence-corrected chi connectivity index (χ0v) is 23.3. The Morgan fingerprint density at radius 1 is 1.08 bits per heavy atom. The van der Waals surface area contributed by atoms with Gasteiger partial charge in [-0.1, -0.05) is 23.2 Å². The SMILES string of the molecule is CC(c1cc(Cl)cc(Cl)c1)N1C[C@H](COc2cc(F)c(C(=O)OC(C)(C)C)cc2C2CC2)CC[C@H]1C. The van der Waals surface area contributed by atoms with E-state index in [0.717, 1.165) is 43.4 Å². The summed E-state index contributed by atoms with van der Waals surface area (Å²) < 4.78 is 26.6. The summed E-state index contributed by atoms with van der Waals surface area (Å²) in [5.41, 5.74) is 1.29. The number of piperidine rings is 1. The molecule has 0 aromatic heterocycles. The molecule has 4 nitrogen and oxygen atoms in total. The van der Waals surface area contributed by atoms with Crippen molar-refractivity contribution >= 4 is 29.2 Å². The van der Waals surface area contributed by atoms with Gasteiger partial charge in [-0.25, -0.2) is 9.18 Å². The maximum atomic E-state index is 15.0. The third-order valence-corrected chi connectivity index (χ3v) is 7.54. The Hall–Kier alpha value is -1.82. The fourth-order valence-electron chi connectivity index (χ4n) is 5.00. The molecule has 1 aliphatic carbocycles. The molecule has 1 heterocycles. The molecule has 36 heavy (non-hydrogen) atoms. The van der Waals surface area contributed by atoms with Gasteiger partial charge in [0.1, 0.15) is 17.2 Å². The molecule has 196 valence electrons. The third-order valence-electron chi connectivity index (χ3n) is 7.10. The van der Waals surface area contributed by atoms with Crippen molar-refractivity contribution in [2.24, 2.45) is 5.92 Å². The van der Waals surface area contributed by atoms with E-state index in [-0.39, 0.29) is 11.6 Å². The monoisotopic (exact) mass is 535 g/mol. The summed E-state index contributed by atoms with van der Waals surface area (Å²) in [5, 5.41) is 1.27. The summed E-state index contributed by atoms with van der Waals surface area (Å²) >= 11 is 12.5. The van der Waals surface area contributed by atoms with Gasteiger partial charge in [-0.05, 0) is 102 Å². The molecule has 2 fully saturated rings. The molecule has 7 heteroatoms. The van der Waals surface area contributed by atoms with Crippen LogP contribution in [-0.4, -0.2) is 35.7 Å². The smallest absolute Gasteiger partial charge is 0.341 e. The van der Waals surface area contributed by atoms with Crippen LogP contribution in [0.3, 0.4) is 0 Å². The lowest BCUT2D eigenvalue weighted by Gasteiger charge is -2.42. The number of nitrogens with zero attached hydrogens (tertiary/aromatic N) is 1. The maximum Gasteiger partial charge on any atom is 0.341 e. The van der Waals surface area contributed by atoms with Crippen LogP contribution in [0, 0.1) is 11.7 Å². The van der Waals surface area contributed by atoms with Crippen molar-refractivity contribution in [2.45, 2.75) is 83.9 Å². The van der Waals surface area contributed by atoms with Crippen LogP contribution < -0.4 is 4.74 Å². The van der Waals surface area contributed by atoms with E-state index in [1.807, 2.05) is 12.1 Å². The highest BCUT2D eigenvalue weighted by Crippen LogP contribution is 2.45. The first-order chi connectivity index (χ1) is 16.9. The largest absolute Gasteiger partial charge is 0.493 e. The van der Waals surface area contributed by atoms with Crippen LogP contribution in [-0.2, 0) is 4.74 Å². The van der Waals surface area contributed by atoms with Crippen LogP contribution in [0.4, 0.5) is 4.39 Å². The van der Waals surface area contributed by atoms with E-state index in [4.69, 9.17) is 32.7 Å². The first-order valence-corrected chi connectivity index (χ1v) is 13.6. The topological polar surface area (TPSA) is 38.8 Å². The Balaban J connectivity index is 1.46. The molecular weight excluding hydrogens is 500 g/mol. The summed E-state index contributed by atoms with van der Waals surface area (Å²) in [6, 6.07) is 9.28. The molecule has 4 rings (SSSR count). The molecule has 1 saturated heterocycles. The van der Waals surface area contributed by atoms with Gasteiger partial charge in [0.15, 0.2) is 0 Å². The first kappa shape index (κ1) is 27.2. The average molecular weight is 537 g/mol. The van der Waals surface area contributed by atoms with Gasteiger partial charge >= 0.3 is 5.97 Å². The Labute approximate surface area is 224 Å². The first-order valence-electron chi connectivity index (χ1n) is 12.8. The van der Waals surface area contributed by atoms with Crippen LogP contribution >= 0.6 is 23.2 Å². The van der Waals surface area contributed by atoms with E-state index in [0.29, 0.717) is 40.3 Å². The van der Waals surface area contributed by atoms with E-state index in [9.17, 15) is 9.18 Å². The molecule has 0 amide bonds. The van der Waals surface area contributed by atoms with Crippen LogP contribution in [0.5, 0.6) is 5.75 Å². The molecule has 0 radical (unpaired) electrons. The molecule has 1 aliphatic heterocycles. The molecule has 2 aliphatic rings. The van der Waals surface area contributed by atoms with Gasteiger partial charge in [-0.15, -0.1) is 0 Å². The summed E-state index contributed by atoms with van der Waals surface area (Å²) in [4.78, 5) is 15.0. The molecule has 0 spiro atoms. The number of hydrogen-bond acceptors (Lipinski definition) is 4. The number of rotatable bonds is 7. The van der Waals surface area contributed by atoms with Crippen LogP contribution in [0.1, 0.15) is 93.7 Å². The second kappa shape index (κ2) is 10.9. The lowest BCUT2D eigenvalue weighted by molar-refractivity contribution is 0.00645. The van der Waals surface area contributed by atoms with Crippen LogP contribution in [0.15, 0.2) is 30.3 Å². The van der Waals surface area contributed by atoms with Crippen molar-refractivity contribution in [3.63, 3.8) is 0 Å². The zero-order valence-electron chi connectivity index (χ0n) is 21.7. The van der Waals surface area contributed by atoms with Crippen molar-refractivity contribution in [3.05, 3.63) is 62.9 Å². The number of carbonyl (C=O) groups excluding carboxylic acids is 1. The molecular formula is C29H36Cl2FNO3. The van der Waals surface area contributed by atoms with Gasteiger partial charge in [0.25, 0.3) is 0 Å². The molecule has 2 aromatic carbocycles. The highest BCUT2D eigenvalue weighted by molar-refractivity contribution is 6.34. The maximum absolute atomic E-state index is 15.0. The van der Waals surface area contributed by atoms with Crippen molar-refractivity contribution in [1.29, 1.82) is 0 Å². The second-order valence-electron chi connectivity index (χ2n) is 11.3. The van der Waals surface area contributed by atoms with Crippen molar-refractivity contribution < 1.29 is 18.7 Å². The van der Waals surface area contributed by atoms with Crippen LogP contribution in [0.2, 0.25) is 10.0 Å². The molecule has 3 atom stereocenters. The summed E-state index contributed by atoms with van der Waals surface area (Å²) in [6.45, 7) is 11.1. The molecule has 1 saturated carbocycles. The summed E-state index contributed by atoms with van der Waals surface area (Å²) in [7, 11) is 0. The highest BCUT2D eigenvalue weighted by atomic mass is 35.5. The third kappa shape index (κ3) is 6.73. The molecule has 1 unspecified atom stereocenters. The van der Waals surface area contributed by atoms with Gasteiger partial charge in [0.05, 0.1) is 12.2 Å². The number of hydrogen-bond donors (Lipinski definition) is 0. The Morgan fingerprint density at radius 2 is 1.75 bits per heavy atom. The number of carbonyl (C=O) groups is 1. The standard InChI is InChI=1S/C29H36Cl2FNO3/c1-17-6-7-19(15-33(17)18(2)21-10-22(30)12-23(31)11-21)16-35-27-14-26(32)25(13-24(27)20-8-9-20)28(34)36-29(3,4)5/h10-14,17-20H,6-9,15-16H2,1-5H3/t17-,18?,19-/m1/s1. The van der Waals surface area contributed by atoms with Crippen molar-refractivity contribution in [2.75, 3.05) is 13.2 Å².